The summed E-state index contributed by atoms with van der Waals surface area (Å²) in [7, 11) is 2.05. The second kappa shape index (κ2) is 6.01. The number of fused-ring (bicyclic) bond motifs is 1. The molecule has 0 radical (unpaired) electrons. The predicted molar refractivity (Wildman–Crippen MR) is 86.6 cm³/mol. The zero-order valence-electron chi connectivity index (χ0n) is 13.1. The molecular formula is C17H22N2O3. The summed E-state index contributed by atoms with van der Waals surface area (Å²) in [6, 6.07) is 6.47. The minimum Gasteiger partial charge on any atom is -0.481 e. The summed E-state index contributed by atoms with van der Waals surface area (Å²) in [5.74, 6) is -0.749. The van der Waals surface area contributed by atoms with E-state index >= 15 is 0 Å². The van der Waals surface area contributed by atoms with Gasteiger partial charge in [0.2, 0.25) is 0 Å². The largest absolute Gasteiger partial charge is 0.481 e. The van der Waals surface area contributed by atoms with Gasteiger partial charge in [-0.25, -0.2) is 0 Å². The highest BCUT2D eigenvalue weighted by atomic mass is 16.5. The van der Waals surface area contributed by atoms with E-state index in [4.69, 9.17) is 9.84 Å². The van der Waals surface area contributed by atoms with Crippen LogP contribution < -0.4 is 4.90 Å². The number of morpholine rings is 1. The van der Waals surface area contributed by atoms with Crippen molar-refractivity contribution in [2.24, 2.45) is 7.05 Å². The summed E-state index contributed by atoms with van der Waals surface area (Å²) >= 11 is 0. The van der Waals surface area contributed by atoms with Crippen LogP contribution in [0.2, 0.25) is 0 Å². The lowest BCUT2D eigenvalue weighted by Crippen LogP contribution is -2.36. The van der Waals surface area contributed by atoms with Gasteiger partial charge in [0.05, 0.1) is 18.7 Å². The molecule has 1 aliphatic rings. The van der Waals surface area contributed by atoms with Gasteiger partial charge in [0.1, 0.15) is 0 Å². The third kappa shape index (κ3) is 2.68. The van der Waals surface area contributed by atoms with E-state index in [1.54, 1.807) is 0 Å². The molecular weight excluding hydrogens is 280 g/mol. The van der Waals surface area contributed by atoms with Gasteiger partial charge in [-0.05, 0) is 31.0 Å². The fourth-order valence-corrected chi connectivity index (χ4v) is 3.20. The van der Waals surface area contributed by atoms with Crippen molar-refractivity contribution in [3.63, 3.8) is 0 Å². The monoisotopic (exact) mass is 302 g/mol. The third-order valence-corrected chi connectivity index (χ3v) is 4.57. The quantitative estimate of drug-likeness (QED) is 0.942. The summed E-state index contributed by atoms with van der Waals surface area (Å²) in [5, 5.41) is 10.1. The number of aromatic nitrogens is 1. The summed E-state index contributed by atoms with van der Waals surface area (Å²) < 4.78 is 7.57. The van der Waals surface area contributed by atoms with Crippen molar-refractivity contribution in [3.05, 3.63) is 29.5 Å². The van der Waals surface area contributed by atoms with E-state index in [2.05, 4.69) is 34.6 Å². The second-order valence-corrected chi connectivity index (χ2v) is 5.82. The first-order valence-electron chi connectivity index (χ1n) is 7.70. The highest BCUT2D eigenvalue weighted by molar-refractivity contribution is 5.88. The van der Waals surface area contributed by atoms with Crippen molar-refractivity contribution in [2.45, 2.75) is 19.8 Å². The van der Waals surface area contributed by atoms with Gasteiger partial charge in [-0.2, -0.15) is 0 Å². The SMILES string of the molecule is Cc1c(CCC(=O)O)c2ccc(N3CCOCC3)cc2n1C. The first-order chi connectivity index (χ1) is 10.6. The molecule has 0 amide bonds. The molecule has 3 rings (SSSR count). The molecule has 0 bridgehead atoms. The Morgan fingerprint density at radius 2 is 2.05 bits per heavy atom. The Balaban J connectivity index is 1.98. The Labute approximate surface area is 130 Å². The molecule has 5 nitrogen and oxygen atoms in total. The van der Waals surface area contributed by atoms with E-state index in [9.17, 15) is 4.79 Å². The number of hydrogen-bond acceptors (Lipinski definition) is 3. The van der Waals surface area contributed by atoms with Gasteiger partial charge >= 0.3 is 5.97 Å². The Hall–Kier alpha value is -2.01. The van der Waals surface area contributed by atoms with Gasteiger partial charge < -0.3 is 19.3 Å². The molecule has 0 unspecified atom stereocenters. The lowest BCUT2D eigenvalue weighted by atomic mass is 10.1. The van der Waals surface area contributed by atoms with Crippen LogP contribution in [0.15, 0.2) is 18.2 Å². The van der Waals surface area contributed by atoms with Crippen molar-refractivity contribution in [3.8, 4) is 0 Å². The number of aryl methyl sites for hydroxylation is 2. The van der Waals surface area contributed by atoms with Gasteiger partial charge in [-0.3, -0.25) is 4.79 Å². The predicted octanol–water partition coefficient (Wildman–Crippen LogP) is 2.34. The van der Waals surface area contributed by atoms with Crippen LogP contribution in [0, 0.1) is 6.92 Å². The number of hydrogen-bond donors (Lipinski definition) is 1. The molecule has 0 saturated carbocycles. The van der Waals surface area contributed by atoms with Gasteiger partial charge in [-0.1, -0.05) is 6.07 Å². The molecule has 1 saturated heterocycles. The van der Waals surface area contributed by atoms with Gasteiger partial charge in [0, 0.05) is 43.3 Å². The van der Waals surface area contributed by atoms with Crippen LogP contribution in [-0.2, 0) is 23.0 Å². The van der Waals surface area contributed by atoms with Crippen molar-refractivity contribution < 1.29 is 14.6 Å². The minimum atomic E-state index is -0.749. The fraction of sp³-hybridized carbons (Fsp3) is 0.471. The summed E-state index contributed by atoms with van der Waals surface area (Å²) in [5.41, 5.74) is 4.67. The van der Waals surface area contributed by atoms with Crippen LogP contribution in [0.1, 0.15) is 17.7 Å². The molecule has 22 heavy (non-hydrogen) atoms. The number of aliphatic carboxylic acids is 1. The fourth-order valence-electron chi connectivity index (χ4n) is 3.20. The minimum absolute atomic E-state index is 0.172. The van der Waals surface area contributed by atoms with E-state index in [-0.39, 0.29) is 6.42 Å². The van der Waals surface area contributed by atoms with Crippen LogP contribution in [0.3, 0.4) is 0 Å². The molecule has 0 aliphatic carbocycles. The molecule has 5 heteroatoms. The molecule has 0 atom stereocenters. The Bertz CT molecular complexity index is 699. The normalized spacial score (nSPS) is 15.5. The Kier molecular flexibility index (Phi) is 4.07. The smallest absolute Gasteiger partial charge is 0.303 e. The number of benzene rings is 1. The van der Waals surface area contributed by atoms with Crippen LogP contribution in [0.25, 0.3) is 10.9 Å². The number of anilines is 1. The molecule has 2 aromatic rings. The molecule has 0 spiro atoms. The number of rotatable bonds is 4. The molecule has 118 valence electrons. The molecule has 1 aliphatic heterocycles. The van der Waals surface area contributed by atoms with Crippen LogP contribution in [0.4, 0.5) is 5.69 Å². The van der Waals surface area contributed by atoms with E-state index in [0.29, 0.717) is 6.42 Å². The maximum absolute atomic E-state index is 10.9. The average Bonchev–Trinajstić information content (AvgIpc) is 2.77. The van der Waals surface area contributed by atoms with E-state index in [1.807, 2.05) is 7.05 Å². The Morgan fingerprint density at radius 3 is 2.73 bits per heavy atom. The zero-order chi connectivity index (χ0) is 15.7. The van der Waals surface area contributed by atoms with Crippen LogP contribution in [-0.4, -0.2) is 41.9 Å². The maximum atomic E-state index is 10.9. The van der Waals surface area contributed by atoms with Crippen LogP contribution in [0.5, 0.6) is 0 Å². The molecule has 2 heterocycles. The molecule has 1 fully saturated rings. The molecule has 1 aromatic heterocycles. The second-order valence-electron chi connectivity index (χ2n) is 5.82. The average molecular weight is 302 g/mol. The number of carboxylic acids is 1. The standard InChI is InChI=1S/C17H22N2O3/c1-12-14(5-6-17(20)21)15-4-3-13(11-16(15)18(12)2)19-7-9-22-10-8-19/h3-4,11H,5-10H2,1-2H3,(H,20,21). The first kappa shape index (κ1) is 14.9. The molecule has 1 aromatic carbocycles. The number of ether oxygens (including phenoxy) is 1. The van der Waals surface area contributed by atoms with Crippen molar-refractivity contribution in [2.75, 3.05) is 31.2 Å². The topological polar surface area (TPSA) is 54.7 Å². The highest BCUT2D eigenvalue weighted by Gasteiger charge is 2.16. The van der Waals surface area contributed by atoms with Gasteiger partial charge in [0.25, 0.3) is 0 Å². The van der Waals surface area contributed by atoms with E-state index in [1.165, 1.54) is 16.6 Å². The summed E-state index contributed by atoms with van der Waals surface area (Å²) in [4.78, 5) is 13.2. The van der Waals surface area contributed by atoms with Crippen LogP contribution >= 0.6 is 0 Å². The number of carbonyl (C=O) groups is 1. The van der Waals surface area contributed by atoms with Crippen molar-refractivity contribution >= 4 is 22.6 Å². The number of nitrogens with zero attached hydrogens (tertiary/aromatic N) is 2. The number of carboxylic acid groups (broad SMARTS) is 1. The molecule has 1 N–H and O–H groups in total. The third-order valence-electron chi connectivity index (χ3n) is 4.57. The summed E-state index contributed by atoms with van der Waals surface area (Å²) in [6.45, 7) is 5.44. The summed E-state index contributed by atoms with van der Waals surface area (Å²) in [6.07, 6.45) is 0.751. The van der Waals surface area contributed by atoms with Gasteiger partial charge in [0.15, 0.2) is 0 Å². The Morgan fingerprint density at radius 1 is 1.32 bits per heavy atom. The van der Waals surface area contributed by atoms with Gasteiger partial charge in [-0.15, -0.1) is 0 Å². The van der Waals surface area contributed by atoms with E-state index < -0.39 is 5.97 Å². The van der Waals surface area contributed by atoms with Crippen molar-refractivity contribution in [1.29, 1.82) is 0 Å². The van der Waals surface area contributed by atoms with E-state index in [0.717, 1.165) is 37.6 Å². The zero-order valence-corrected chi connectivity index (χ0v) is 13.1. The lowest BCUT2D eigenvalue weighted by molar-refractivity contribution is -0.136. The maximum Gasteiger partial charge on any atom is 0.303 e. The van der Waals surface area contributed by atoms with Crippen molar-refractivity contribution in [1.82, 2.24) is 4.57 Å². The first-order valence-corrected chi connectivity index (χ1v) is 7.70. The highest BCUT2D eigenvalue weighted by Crippen LogP contribution is 2.30. The lowest BCUT2D eigenvalue weighted by Gasteiger charge is -2.29.